The smallest absolute Gasteiger partial charge is 0.268 e. The SMILES string of the molecule is CN(C)Cc1ccsc1-c1nc(-c2ccc(CN)cc2)no1.Cl. The van der Waals surface area contributed by atoms with Gasteiger partial charge in [0.2, 0.25) is 5.82 Å². The Morgan fingerprint density at radius 1 is 1.17 bits per heavy atom. The predicted octanol–water partition coefficient (Wildman–Crippen LogP) is 3.41. The fourth-order valence-corrected chi connectivity index (χ4v) is 3.05. The van der Waals surface area contributed by atoms with Gasteiger partial charge in [0, 0.05) is 18.7 Å². The molecule has 3 rings (SSSR count). The van der Waals surface area contributed by atoms with Gasteiger partial charge in [-0.2, -0.15) is 4.98 Å². The van der Waals surface area contributed by atoms with Crippen molar-refractivity contribution in [3.63, 3.8) is 0 Å². The molecule has 0 aliphatic rings. The van der Waals surface area contributed by atoms with Crippen molar-refractivity contribution < 1.29 is 4.52 Å². The third-order valence-electron chi connectivity index (χ3n) is 3.30. The van der Waals surface area contributed by atoms with Crippen LogP contribution in [-0.2, 0) is 13.1 Å². The van der Waals surface area contributed by atoms with E-state index < -0.39 is 0 Å². The second kappa shape index (κ2) is 7.70. The third-order valence-corrected chi connectivity index (χ3v) is 4.25. The number of halogens is 1. The molecule has 0 radical (unpaired) electrons. The van der Waals surface area contributed by atoms with E-state index in [1.807, 2.05) is 43.7 Å². The van der Waals surface area contributed by atoms with E-state index in [-0.39, 0.29) is 12.4 Å². The van der Waals surface area contributed by atoms with Crippen LogP contribution in [0.2, 0.25) is 0 Å². The number of benzene rings is 1. The molecule has 0 unspecified atom stereocenters. The van der Waals surface area contributed by atoms with Crippen LogP contribution in [0.1, 0.15) is 11.1 Å². The van der Waals surface area contributed by atoms with E-state index in [2.05, 4.69) is 21.1 Å². The Morgan fingerprint density at radius 3 is 2.57 bits per heavy atom. The summed E-state index contributed by atoms with van der Waals surface area (Å²) in [6, 6.07) is 9.99. The molecule has 0 bridgehead atoms. The van der Waals surface area contributed by atoms with Crippen LogP contribution in [0.5, 0.6) is 0 Å². The van der Waals surface area contributed by atoms with Gasteiger partial charge in [-0.1, -0.05) is 29.4 Å². The molecule has 1 aromatic carbocycles. The van der Waals surface area contributed by atoms with Gasteiger partial charge in [0.15, 0.2) is 0 Å². The molecule has 0 aliphatic carbocycles. The van der Waals surface area contributed by atoms with E-state index in [9.17, 15) is 0 Å². The van der Waals surface area contributed by atoms with Gasteiger partial charge < -0.3 is 15.2 Å². The van der Waals surface area contributed by atoms with Gasteiger partial charge in [-0.3, -0.25) is 0 Å². The number of aromatic nitrogens is 2. The molecule has 0 spiro atoms. The molecule has 2 N–H and O–H groups in total. The van der Waals surface area contributed by atoms with Gasteiger partial charge in [-0.15, -0.1) is 23.7 Å². The van der Waals surface area contributed by atoms with Crippen LogP contribution >= 0.6 is 23.7 Å². The highest BCUT2D eigenvalue weighted by Gasteiger charge is 2.15. The first-order valence-corrected chi connectivity index (χ1v) is 7.90. The van der Waals surface area contributed by atoms with Crippen molar-refractivity contribution in [1.82, 2.24) is 15.0 Å². The van der Waals surface area contributed by atoms with Gasteiger partial charge in [0.1, 0.15) is 0 Å². The lowest BCUT2D eigenvalue weighted by Gasteiger charge is -2.08. The van der Waals surface area contributed by atoms with Crippen LogP contribution < -0.4 is 5.73 Å². The Bertz CT molecular complexity index is 752. The van der Waals surface area contributed by atoms with Crippen molar-refractivity contribution in [2.24, 2.45) is 5.73 Å². The van der Waals surface area contributed by atoms with Crippen molar-refractivity contribution >= 4 is 23.7 Å². The first kappa shape index (κ1) is 17.6. The fraction of sp³-hybridized carbons (Fsp3) is 0.250. The summed E-state index contributed by atoms with van der Waals surface area (Å²) in [5.74, 6) is 1.17. The minimum Gasteiger partial charge on any atom is -0.333 e. The first-order chi connectivity index (χ1) is 10.7. The van der Waals surface area contributed by atoms with E-state index >= 15 is 0 Å². The van der Waals surface area contributed by atoms with E-state index in [1.165, 1.54) is 5.56 Å². The van der Waals surface area contributed by atoms with Crippen LogP contribution in [0.15, 0.2) is 40.2 Å². The largest absolute Gasteiger partial charge is 0.333 e. The van der Waals surface area contributed by atoms with Crippen molar-refractivity contribution in [1.29, 1.82) is 0 Å². The number of thiophene rings is 1. The highest BCUT2D eigenvalue weighted by molar-refractivity contribution is 7.13. The lowest BCUT2D eigenvalue weighted by molar-refractivity contribution is 0.401. The molecule has 2 heterocycles. The minimum atomic E-state index is 0. The monoisotopic (exact) mass is 350 g/mol. The topological polar surface area (TPSA) is 68.2 Å². The first-order valence-electron chi connectivity index (χ1n) is 7.02. The van der Waals surface area contributed by atoms with Crippen LogP contribution in [0.25, 0.3) is 22.2 Å². The molecule has 0 saturated heterocycles. The summed E-state index contributed by atoms with van der Waals surface area (Å²) in [5.41, 5.74) is 8.82. The van der Waals surface area contributed by atoms with Crippen molar-refractivity contribution in [2.45, 2.75) is 13.1 Å². The van der Waals surface area contributed by atoms with Crippen LogP contribution in [-0.4, -0.2) is 29.1 Å². The summed E-state index contributed by atoms with van der Waals surface area (Å²) < 4.78 is 5.45. The Labute approximate surface area is 145 Å². The van der Waals surface area contributed by atoms with Gasteiger partial charge >= 0.3 is 0 Å². The lowest BCUT2D eigenvalue weighted by Crippen LogP contribution is -2.10. The van der Waals surface area contributed by atoms with Gasteiger partial charge in [-0.05, 0) is 36.7 Å². The molecular weight excluding hydrogens is 332 g/mol. The standard InChI is InChI=1S/C16H18N4OS.ClH/c1-20(2)10-13-7-8-22-14(13)16-18-15(19-21-16)12-5-3-11(9-17)4-6-12;/h3-8H,9-10,17H2,1-2H3;1H. The Hall–Kier alpha value is -1.73. The summed E-state index contributed by atoms with van der Waals surface area (Å²) in [6.45, 7) is 1.38. The second-order valence-electron chi connectivity index (χ2n) is 5.34. The fourth-order valence-electron chi connectivity index (χ4n) is 2.21. The molecule has 0 fully saturated rings. The average molecular weight is 351 g/mol. The van der Waals surface area contributed by atoms with Crippen molar-refractivity contribution in [3.05, 3.63) is 46.8 Å². The zero-order valence-corrected chi connectivity index (χ0v) is 14.7. The zero-order chi connectivity index (χ0) is 15.5. The van der Waals surface area contributed by atoms with Gasteiger partial charge in [0.25, 0.3) is 5.89 Å². The van der Waals surface area contributed by atoms with E-state index in [0.717, 1.165) is 22.5 Å². The molecular formula is C16H19ClN4OS. The Morgan fingerprint density at radius 2 is 1.91 bits per heavy atom. The summed E-state index contributed by atoms with van der Waals surface area (Å²) in [5, 5.41) is 6.14. The van der Waals surface area contributed by atoms with E-state index in [4.69, 9.17) is 10.3 Å². The van der Waals surface area contributed by atoms with E-state index in [1.54, 1.807) is 11.3 Å². The molecule has 7 heteroatoms. The van der Waals surface area contributed by atoms with Gasteiger partial charge in [0.05, 0.1) is 4.88 Å². The predicted molar refractivity (Wildman–Crippen MR) is 95.6 cm³/mol. The summed E-state index contributed by atoms with van der Waals surface area (Å²) in [6.07, 6.45) is 0. The zero-order valence-electron chi connectivity index (χ0n) is 13.0. The van der Waals surface area contributed by atoms with Crippen molar-refractivity contribution in [2.75, 3.05) is 14.1 Å². The number of nitrogens with zero attached hydrogens (tertiary/aromatic N) is 3. The molecule has 5 nitrogen and oxygen atoms in total. The molecule has 122 valence electrons. The Balaban J connectivity index is 0.00000192. The number of hydrogen-bond acceptors (Lipinski definition) is 6. The number of nitrogens with two attached hydrogens (primary N) is 1. The molecule has 3 aromatic rings. The molecule has 0 aliphatic heterocycles. The Kier molecular flexibility index (Phi) is 5.90. The van der Waals surface area contributed by atoms with Crippen LogP contribution in [0.4, 0.5) is 0 Å². The maximum absolute atomic E-state index is 5.61. The number of hydrogen-bond donors (Lipinski definition) is 1. The van der Waals surface area contributed by atoms with Gasteiger partial charge in [-0.25, -0.2) is 0 Å². The molecule has 23 heavy (non-hydrogen) atoms. The summed E-state index contributed by atoms with van der Waals surface area (Å²) in [4.78, 5) is 7.68. The quantitative estimate of drug-likeness (QED) is 0.763. The van der Waals surface area contributed by atoms with Crippen molar-refractivity contribution in [3.8, 4) is 22.2 Å². The minimum absolute atomic E-state index is 0. The highest BCUT2D eigenvalue weighted by atomic mass is 35.5. The second-order valence-corrected chi connectivity index (χ2v) is 6.25. The molecule has 0 amide bonds. The maximum Gasteiger partial charge on any atom is 0.268 e. The molecule has 2 aromatic heterocycles. The summed E-state index contributed by atoms with van der Waals surface area (Å²) in [7, 11) is 4.08. The number of rotatable bonds is 5. The maximum atomic E-state index is 5.61. The third kappa shape index (κ3) is 3.97. The molecule has 0 atom stereocenters. The van der Waals surface area contributed by atoms with Crippen LogP contribution in [0, 0.1) is 0 Å². The summed E-state index contributed by atoms with van der Waals surface area (Å²) >= 11 is 1.62. The molecule has 0 saturated carbocycles. The highest BCUT2D eigenvalue weighted by Crippen LogP contribution is 2.30. The normalized spacial score (nSPS) is 10.8. The average Bonchev–Trinajstić information content (AvgIpc) is 3.15. The van der Waals surface area contributed by atoms with E-state index in [0.29, 0.717) is 18.3 Å². The van der Waals surface area contributed by atoms with Crippen LogP contribution in [0.3, 0.4) is 0 Å². The lowest BCUT2D eigenvalue weighted by atomic mass is 10.1.